The summed E-state index contributed by atoms with van der Waals surface area (Å²) in [6.07, 6.45) is 5.40. The van der Waals surface area contributed by atoms with Gasteiger partial charge in [-0.05, 0) is 24.1 Å². The lowest BCUT2D eigenvalue weighted by molar-refractivity contribution is -0.117. The molecule has 0 spiro atoms. The number of guanidine groups is 1. The van der Waals surface area contributed by atoms with E-state index in [4.69, 9.17) is 0 Å². The first kappa shape index (κ1) is 17.0. The first-order valence-electron chi connectivity index (χ1n) is 8.47. The highest BCUT2D eigenvalue weighted by Gasteiger charge is 2.21. The summed E-state index contributed by atoms with van der Waals surface area (Å²) < 4.78 is 1.78. The molecule has 0 atom stereocenters. The lowest BCUT2D eigenvalue weighted by atomic mass is 10.2. The molecule has 0 saturated carbocycles. The summed E-state index contributed by atoms with van der Waals surface area (Å²) in [6, 6.07) is 8.10. The lowest BCUT2D eigenvalue weighted by Gasteiger charge is -2.16. The van der Waals surface area contributed by atoms with E-state index >= 15 is 0 Å². The van der Waals surface area contributed by atoms with Crippen molar-refractivity contribution in [3.05, 3.63) is 47.8 Å². The molecule has 1 amide bonds. The molecule has 1 aliphatic heterocycles. The number of aryl methyl sites for hydroxylation is 1. The number of nitrogens with one attached hydrogen (secondary N) is 2. The fourth-order valence-corrected chi connectivity index (χ4v) is 2.87. The Bertz CT molecular complexity index is 749. The number of benzene rings is 1. The number of hydrogen-bond donors (Lipinski definition) is 2. The molecular formula is C18H24N6O. The van der Waals surface area contributed by atoms with E-state index in [0.29, 0.717) is 19.5 Å². The van der Waals surface area contributed by atoms with Crippen molar-refractivity contribution in [3.8, 4) is 0 Å². The SMILES string of the molecule is CN=C(NCc1ccc(N2CCCC2=O)cc1)NCc1cnn(C)c1. The third-order valence-corrected chi connectivity index (χ3v) is 4.22. The third kappa shape index (κ3) is 4.37. The zero-order valence-electron chi connectivity index (χ0n) is 14.7. The standard InChI is InChI=1S/C18H24N6O/c1-19-18(21-11-15-12-22-23(2)13-15)20-10-14-5-7-16(8-6-14)24-9-3-4-17(24)25/h5-8,12-13H,3-4,9-11H2,1-2H3,(H2,19,20,21). The van der Waals surface area contributed by atoms with Gasteiger partial charge in [-0.2, -0.15) is 5.10 Å². The number of amides is 1. The maximum atomic E-state index is 11.8. The van der Waals surface area contributed by atoms with Crippen LogP contribution in [0.4, 0.5) is 5.69 Å². The van der Waals surface area contributed by atoms with Crippen molar-refractivity contribution >= 4 is 17.6 Å². The van der Waals surface area contributed by atoms with Gasteiger partial charge in [0.05, 0.1) is 6.20 Å². The van der Waals surface area contributed by atoms with Gasteiger partial charge in [0.15, 0.2) is 5.96 Å². The van der Waals surface area contributed by atoms with Gasteiger partial charge in [0.25, 0.3) is 0 Å². The Balaban J connectivity index is 1.50. The predicted molar refractivity (Wildman–Crippen MR) is 98.3 cm³/mol. The zero-order valence-corrected chi connectivity index (χ0v) is 14.7. The molecule has 1 aromatic heterocycles. The summed E-state index contributed by atoms with van der Waals surface area (Å²) in [4.78, 5) is 17.9. The van der Waals surface area contributed by atoms with Crippen LogP contribution >= 0.6 is 0 Å². The summed E-state index contributed by atoms with van der Waals surface area (Å²) in [7, 11) is 3.65. The van der Waals surface area contributed by atoms with Crippen LogP contribution in [0.2, 0.25) is 0 Å². The van der Waals surface area contributed by atoms with E-state index in [1.165, 1.54) is 0 Å². The van der Waals surface area contributed by atoms with Gasteiger partial charge >= 0.3 is 0 Å². The molecule has 0 unspecified atom stereocenters. The van der Waals surface area contributed by atoms with E-state index in [0.717, 1.165) is 35.7 Å². The Morgan fingerprint density at radius 1 is 1.20 bits per heavy atom. The number of aliphatic imine (C=N–C) groups is 1. The van der Waals surface area contributed by atoms with Gasteiger partial charge in [-0.3, -0.25) is 14.5 Å². The van der Waals surface area contributed by atoms with Gasteiger partial charge in [0.2, 0.25) is 5.91 Å². The second kappa shape index (κ2) is 7.83. The van der Waals surface area contributed by atoms with E-state index in [1.807, 2.05) is 48.6 Å². The third-order valence-electron chi connectivity index (χ3n) is 4.22. The molecule has 2 aromatic rings. The number of anilines is 1. The Kier molecular flexibility index (Phi) is 5.33. The molecule has 7 heteroatoms. The van der Waals surface area contributed by atoms with Crippen molar-refractivity contribution in [3.63, 3.8) is 0 Å². The maximum absolute atomic E-state index is 11.8. The lowest BCUT2D eigenvalue weighted by Crippen LogP contribution is -2.36. The molecule has 1 fully saturated rings. The van der Waals surface area contributed by atoms with Gasteiger partial charge in [0.1, 0.15) is 0 Å². The predicted octanol–water partition coefficient (Wildman–Crippen LogP) is 1.41. The molecule has 3 rings (SSSR count). The molecule has 0 radical (unpaired) electrons. The van der Waals surface area contributed by atoms with Crippen LogP contribution < -0.4 is 15.5 Å². The number of carbonyl (C=O) groups is 1. The first-order valence-corrected chi connectivity index (χ1v) is 8.47. The number of hydrogen-bond acceptors (Lipinski definition) is 3. The molecule has 1 aromatic carbocycles. The maximum Gasteiger partial charge on any atom is 0.227 e. The van der Waals surface area contributed by atoms with E-state index in [1.54, 1.807) is 11.7 Å². The number of nitrogens with zero attached hydrogens (tertiary/aromatic N) is 4. The highest BCUT2D eigenvalue weighted by atomic mass is 16.2. The van der Waals surface area contributed by atoms with Gasteiger partial charge in [-0.15, -0.1) is 0 Å². The summed E-state index contributed by atoms with van der Waals surface area (Å²) >= 11 is 0. The van der Waals surface area contributed by atoms with Gasteiger partial charge in [0, 0.05) is 57.6 Å². The highest BCUT2D eigenvalue weighted by Crippen LogP contribution is 2.21. The summed E-state index contributed by atoms with van der Waals surface area (Å²) in [5, 5.41) is 10.7. The minimum atomic E-state index is 0.214. The zero-order chi connectivity index (χ0) is 17.6. The summed E-state index contributed by atoms with van der Waals surface area (Å²) in [5.41, 5.74) is 3.22. The van der Waals surface area contributed by atoms with Crippen molar-refractivity contribution in [1.82, 2.24) is 20.4 Å². The van der Waals surface area contributed by atoms with Gasteiger partial charge < -0.3 is 15.5 Å². The molecule has 0 aliphatic carbocycles. The average Bonchev–Trinajstić information content (AvgIpc) is 3.24. The smallest absolute Gasteiger partial charge is 0.227 e. The van der Waals surface area contributed by atoms with Crippen LogP contribution in [0.5, 0.6) is 0 Å². The first-order chi connectivity index (χ1) is 12.2. The van der Waals surface area contributed by atoms with Gasteiger partial charge in [-0.25, -0.2) is 0 Å². The topological polar surface area (TPSA) is 74.6 Å². The van der Waals surface area contributed by atoms with Crippen molar-refractivity contribution in [2.75, 3.05) is 18.5 Å². The van der Waals surface area contributed by atoms with Crippen LogP contribution in [0.15, 0.2) is 41.7 Å². The number of aromatic nitrogens is 2. The van der Waals surface area contributed by atoms with E-state index in [2.05, 4.69) is 20.7 Å². The van der Waals surface area contributed by atoms with Crippen LogP contribution in [-0.4, -0.2) is 35.2 Å². The fourth-order valence-electron chi connectivity index (χ4n) is 2.87. The van der Waals surface area contributed by atoms with E-state index in [-0.39, 0.29) is 5.91 Å². The molecular weight excluding hydrogens is 316 g/mol. The van der Waals surface area contributed by atoms with Crippen LogP contribution in [0.1, 0.15) is 24.0 Å². The number of rotatable bonds is 5. The Morgan fingerprint density at radius 3 is 2.48 bits per heavy atom. The van der Waals surface area contributed by atoms with Crippen molar-refractivity contribution in [2.45, 2.75) is 25.9 Å². The molecule has 132 valence electrons. The number of carbonyl (C=O) groups excluding carboxylic acids is 1. The van der Waals surface area contributed by atoms with Crippen LogP contribution in [0.3, 0.4) is 0 Å². The molecule has 2 heterocycles. The van der Waals surface area contributed by atoms with E-state index < -0.39 is 0 Å². The van der Waals surface area contributed by atoms with Crippen molar-refractivity contribution in [1.29, 1.82) is 0 Å². The highest BCUT2D eigenvalue weighted by molar-refractivity contribution is 5.95. The summed E-state index contributed by atoms with van der Waals surface area (Å²) in [6.45, 7) is 2.16. The van der Waals surface area contributed by atoms with Crippen molar-refractivity contribution in [2.24, 2.45) is 12.0 Å². The normalized spacial score (nSPS) is 14.9. The molecule has 1 saturated heterocycles. The van der Waals surface area contributed by atoms with Crippen molar-refractivity contribution < 1.29 is 4.79 Å². The van der Waals surface area contributed by atoms with Crippen LogP contribution in [-0.2, 0) is 24.9 Å². The summed E-state index contributed by atoms with van der Waals surface area (Å²) in [5.74, 6) is 0.952. The Labute approximate surface area is 147 Å². The fraction of sp³-hybridized carbons (Fsp3) is 0.389. The largest absolute Gasteiger partial charge is 0.352 e. The average molecular weight is 340 g/mol. The van der Waals surface area contributed by atoms with Crippen LogP contribution in [0, 0.1) is 0 Å². The second-order valence-corrected chi connectivity index (χ2v) is 6.12. The molecule has 25 heavy (non-hydrogen) atoms. The molecule has 1 aliphatic rings. The Hall–Kier alpha value is -2.83. The van der Waals surface area contributed by atoms with Gasteiger partial charge in [-0.1, -0.05) is 12.1 Å². The Morgan fingerprint density at radius 2 is 1.92 bits per heavy atom. The quantitative estimate of drug-likeness (QED) is 0.638. The molecule has 2 N–H and O–H groups in total. The minimum Gasteiger partial charge on any atom is -0.352 e. The van der Waals surface area contributed by atoms with E-state index in [9.17, 15) is 4.79 Å². The second-order valence-electron chi connectivity index (χ2n) is 6.12. The minimum absolute atomic E-state index is 0.214. The monoisotopic (exact) mass is 340 g/mol. The molecule has 7 nitrogen and oxygen atoms in total. The van der Waals surface area contributed by atoms with Crippen LogP contribution in [0.25, 0.3) is 0 Å². The molecule has 0 bridgehead atoms.